The summed E-state index contributed by atoms with van der Waals surface area (Å²) in [7, 11) is 3.03. The third-order valence-electron chi connectivity index (χ3n) is 4.31. The Morgan fingerprint density at radius 3 is 2.63 bits per heavy atom. The summed E-state index contributed by atoms with van der Waals surface area (Å²) in [5.41, 5.74) is 1.42. The quantitative estimate of drug-likeness (QED) is 0.848. The molecule has 1 heterocycles. The predicted molar refractivity (Wildman–Crippen MR) is 98.2 cm³/mol. The van der Waals surface area contributed by atoms with Crippen LogP contribution in [0.15, 0.2) is 54.2 Å². The first-order valence-corrected chi connectivity index (χ1v) is 8.30. The van der Waals surface area contributed by atoms with Crippen molar-refractivity contribution >= 4 is 17.5 Å². The highest BCUT2D eigenvalue weighted by atomic mass is 19.1. The van der Waals surface area contributed by atoms with Crippen molar-refractivity contribution in [3.05, 3.63) is 65.6 Å². The molecule has 0 bridgehead atoms. The van der Waals surface area contributed by atoms with Crippen molar-refractivity contribution in [1.29, 1.82) is 0 Å². The lowest BCUT2D eigenvalue weighted by molar-refractivity contribution is -0.121. The lowest BCUT2D eigenvalue weighted by Crippen LogP contribution is -2.32. The molecular formula is C20H19FN2O4. The SMILES string of the molecule is COc1ccc(NC(=O)C2=CNC(=O)CC2c2cccc(F)c2)cc1OC. The maximum Gasteiger partial charge on any atom is 0.253 e. The smallest absolute Gasteiger partial charge is 0.253 e. The number of halogens is 1. The van der Waals surface area contributed by atoms with Crippen LogP contribution in [0.1, 0.15) is 17.9 Å². The number of hydrogen-bond acceptors (Lipinski definition) is 4. The Labute approximate surface area is 156 Å². The summed E-state index contributed by atoms with van der Waals surface area (Å²) in [5.74, 6) is -0.559. The summed E-state index contributed by atoms with van der Waals surface area (Å²) in [6.45, 7) is 0. The minimum Gasteiger partial charge on any atom is -0.493 e. The summed E-state index contributed by atoms with van der Waals surface area (Å²) in [6, 6.07) is 10.9. The Balaban J connectivity index is 1.86. The van der Waals surface area contributed by atoms with Gasteiger partial charge in [0.1, 0.15) is 5.82 Å². The third-order valence-corrected chi connectivity index (χ3v) is 4.31. The van der Waals surface area contributed by atoms with Gasteiger partial charge in [0.05, 0.1) is 14.2 Å². The molecule has 1 aliphatic rings. The molecular weight excluding hydrogens is 351 g/mol. The van der Waals surface area contributed by atoms with Gasteiger partial charge in [-0.1, -0.05) is 12.1 Å². The second-order valence-corrected chi connectivity index (χ2v) is 6.00. The molecule has 0 radical (unpaired) electrons. The largest absolute Gasteiger partial charge is 0.493 e. The zero-order chi connectivity index (χ0) is 19.4. The summed E-state index contributed by atoms with van der Waals surface area (Å²) >= 11 is 0. The number of amides is 2. The Kier molecular flexibility index (Phi) is 5.40. The molecule has 0 saturated carbocycles. The van der Waals surface area contributed by atoms with Gasteiger partial charge in [-0.25, -0.2) is 4.39 Å². The zero-order valence-corrected chi connectivity index (χ0v) is 14.9. The van der Waals surface area contributed by atoms with E-state index in [1.807, 2.05) is 0 Å². The van der Waals surface area contributed by atoms with E-state index in [0.717, 1.165) is 0 Å². The minimum absolute atomic E-state index is 0.0641. The molecule has 1 atom stereocenters. The van der Waals surface area contributed by atoms with Crippen LogP contribution in [-0.4, -0.2) is 26.0 Å². The number of ether oxygens (including phenoxy) is 2. The Morgan fingerprint density at radius 1 is 1.15 bits per heavy atom. The van der Waals surface area contributed by atoms with Crippen LogP contribution >= 0.6 is 0 Å². The van der Waals surface area contributed by atoms with Gasteiger partial charge in [0.15, 0.2) is 11.5 Å². The van der Waals surface area contributed by atoms with Crippen molar-refractivity contribution in [2.75, 3.05) is 19.5 Å². The van der Waals surface area contributed by atoms with Gasteiger partial charge in [0.2, 0.25) is 5.91 Å². The van der Waals surface area contributed by atoms with Crippen LogP contribution in [-0.2, 0) is 9.59 Å². The molecule has 7 heteroatoms. The lowest BCUT2D eigenvalue weighted by Gasteiger charge is -2.24. The number of benzene rings is 2. The highest BCUT2D eigenvalue weighted by molar-refractivity contribution is 6.06. The fourth-order valence-electron chi connectivity index (χ4n) is 2.97. The molecule has 2 N–H and O–H groups in total. The maximum absolute atomic E-state index is 13.6. The first-order chi connectivity index (χ1) is 13.0. The van der Waals surface area contributed by atoms with Crippen LogP contribution < -0.4 is 20.1 Å². The van der Waals surface area contributed by atoms with Crippen LogP contribution in [0.3, 0.4) is 0 Å². The van der Waals surface area contributed by atoms with E-state index >= 15 is 0 Å². The molecule has 1 aliphatic heterocycles. The molecule has 0 spiro atoms. The van der Waals surface area contributed by atoms with Crippen LogP contribution in [0, 0.1) is 5.82 Å². The van der Waals surface area contributed by atoms with Gasteiger partial charge >= 0.3 is 0 Å². The van der Waals surface area contributed by atoms with Gasteiger partial charge in [-0.2, -0.15) is 0 Å². The van der Waals surface area contributed by atoms with Gasteiger partial charge < -0.3 is 20.1 Å². The molecule has 1 unspecified atom stereocenters. The standard InChI is InChI=1S/C20H19FN2O4/c1-26-17-7-6-14(9-18(17)27-2)23-20(25)16-11-22-19(24)10-15(16)12-4-3-5-13(21)8-12/h3-9,11,15H,10H2,1-2H3,(H,22,24)(H,23,25). The van der Waals surface area contributed by atoms with Crippen molar-refractivity contribution in [1.82, 2.24) is 5.32 Å². The number of nitrogens with one attached hydrogen (secondary N) is 2. The summed E-state index contributed by atoms with van der Waals surface area (Å²) in [4.78, 5) is 24.6. The highest BCUT2D eigenvalue weighted by Crippen LogP contribution is 2.33. The van der Waals surface area contributed by atoms with Crippen molar-refractivity contribution < 1.29 is 23.5 Å². The summed E-state index contributed by atoms with van der Waals surface area (Å²) in [5, 5.41) is 5.33. The fraction of sp³-hybridized carbons (Fsp3) is 0.200. The number of carbonyl (C=O) groups excluding carboxylic acids is 2. The summed E-state index contributed by atoms with van der Waals surface area (Å²) < 4.78 is 24.0. The van der Waals surface area contributed by atoms with Gasteiger partial charge in [0, 0.05) is 35.9 Å². The van der Waals surface area contributed by atoms with E-state index in [0.29, 0.717) is 28.3 Å². The average Bonchev–Trinajstić information content (AvgIpc) is 2.67. The first-order valence-electron chi connectivity index (χ1n) is 8.30. The van der Waals surface area contributed by atoms with Crippen molar-refractivity contribution in [3.8, 4) is 11.5 Å². The van der Waals surface area contributed by atoms with Crippen LogP contribution in [0.2, 0.25) is 0 Å². The summed E-state index contributed by atoms with van der Waals surface area (Å²) in [6.07, 6.45) is 1.44. The molecule has 6 nitrogen and oxygen atoms in total. The van der Waals surface area contributed by atoms with Crippen molar-refractivity contribution in [3.63, 3.8) is 0 Å². The molecule has 140 valence electrons. The molecule has 0 fully saturated rings. The van der Waals surface area contributed by atoms with Crippen LogP contribution in [0.5, 0.6) is 11.5 Å². The first kappa shape index (κ1) is 18.4. The van der Waals surface area contributed by atoms with Crippen LogP contribution in [0.4, 0.5) is 10.1 Å². The Bertz CT molecular complexity index is 911. The molecule has 3 rings (SSSR count). The predicted octanol–water partition coefficient (Wildman–Crippen LogP) is 2.97. The van der Waals surface area contributed by atoms with E-state index in [2.05, 4.69) is 10.6 Å². The number of carbonyl (C=O) groups is 2. The van der Waals surface area contributed by atoms with E-state index in [9.17, 15) is 14.0 Å². The Hall–Kier alpha value is -3.35. The van der Waals surface area contributed by atoms with E-state index in [1.54, 1.807) is 30.3 Å². The average molecular weight is 370 g/mol. The molecule has 0 saturated heterocycles. The van der Waals surface area contributed by atoms with Gasteiger partial charge in [0.25, 0.3) is 5.91 Å². The Morgan fingerprint density at radius 2 is 1.93 bits per heavy atom. The van der Waals surface area contributed by atoms with Gasteiger partial charge in [-0.05, 0) is 29.8 Å². The molecule has 0 aromatic heterocycles. The van der Waals surface area contributed by atoms with Crippen molar-refractivity contribution in [2.45, 2.75) is 12.3 Å². The minimum atomic E-state index is -0.533. The van der Waals surface area contributed by atoms with Gasteiger partial charge in [-0.3, -0.25) is 9.59 Å². The van der Waals surface area contributed by atoms with E-state index in [4.69, 9.17) is 9.47 Å². The number of rotatable bonds is 5. The van der Waals surface area contributed by atoms with E-state index in [1.165, 1.54) is 32.6 Å². The number of hydrogen-bond donors (Lipinski definition) is 2. The number of anilines is 1. The second kappa shape index (κ2) is 7.90. The monoisotopic (exact) mass is 370 g/mol. The molecule has 2 aromatic carbocycles. The molecule has 2 amide bonds. The second-order valence-electron chi connectivity index (χ2n) is 6.00. The highest BCUT2D eigenvalue weighted by Gasteiger charge is 2.29. The lowest BCUT2D eigenvalue weighted by atomic mass is 9.86. The van der Waals surface area contributed by atoms with Crippen LogP contribution in [0.25, 0.3) is 0 Å². The molecule has 0 aliphatic carbocycles. The van der Waals surface area contributed by atoms with E-state index < -0.39 is 17.6 Å². The topological polar surface area (TPSA) is 76.7 Å². The van der Waals surface area contributed by atoms with E-state index in [-0.39, 0.29) is 12.3 Å². The normalized spacial score (nSPS) is 16.2. The fourth-order valence-corrected chi connectivity index (χ4v) is 2.97. The zero-order valence-electron chi connectivity index (χ0n) is 14.9. The van der Waals surface area contributed by atoms with Crippen molar-refractivity contribution in [2.24, 2.45) is 0 Å². The molecule has 2 aromatic rings. The third kappa shape index (κ3) is 4.08. The number of methoxy groups -OCH3 is 2. The van der Waals surface area contributed by atoms with Gasteiger partial charge in [-0.15, -0.1) is 0 Å². The molecule has 27 heavy (non-hydrogen) atoms. The maximum atomic E-state index is 13.6.